The third kappa shape index (κ3) is 5.18. The summed E-state index contributed by atoms with van der Waals surface area (Å²) in [6.07, 6.45) is 0.763. The van der Waals surface area contributed by atoms with Crippen molar-refractivity contribution in [2.24, 2.45) is 10.7 Å². The Labute approximate surface area is 162 Å². The number of nitrogens with two attached hydrogens (primary N) is 1. The summed E-state index contributed by atoms with van der Waals surface area (Å²) in [6.45, 7) is 0. The standard InChI is InChI=1S/C18H15BClN5O2/c19-12-4-2-6-14(10-12)22-17(21)16-18(25-27-24-16)23-15(26)8-7-11-3-1-5-13(20)9-11/h1-6,9-10H,7-8H2,(H2,21,22)(H,23,25,26). The average molecular weight is 380 g/mol. The lowest BCUT2D eigenvalue weighted by Crippen LogP contribution is -2.19. The minimum atomic E-state index is -0.260. The summed E-state index contributed by atoms with van der Waals surface area (Å²) in [6, 6.07) is 14.2. The van der Waals surface area contributed by atoms with Crippen LogP contribution in [0, 0.1) is 0 Å². The number of carbonyl (C=O) groups excluding carboxylic acids is 1. The van der Waals surface area contributed by atoms with E-state index >= 15 is 0 Å². The quantitative estimate of drug-likeness (QED) is 0.387. The third-order valence-electron chi connectivity index (χ3n) is 3.64. The average Bonchev–Trinajstić information content (AvgIpc) is 3.08. The first-order chi connectivity index (χ1) is 13.0. The Morgan fingerprint density at radius 2 is 2.04 bits per heavy atom. The number of benzene rings is 2. The number of rotatable bonds is 6. The van der Waals surface area contributed by atoms with Crippen LogP contribution >= 0.6 is 11.6 Å². The van der Waals surface area contributed by atoms with Crippen molar-refractivity contribution in [2.45, 2.75) is 12.8 Å². The van der Waals surface area contributed by atoms with Crippen molar-refractivity contribution < 1.29 is 9.42 Å². The summed E-state index contributed by atoms with van der Waals surface area (Å²) in [5, 5.41) is 10.6. The number of nitrogens with zero attached hydrogens (tertiary/aromatic N) is 3. The van der Waals surface area contributed by atoms with Crippen LogP contribution in [0.4, 0.5) is 11.5 Å². The molecule has 0 aliphatic heterocycles. The van der Waals surface area contributed by atoms with Crippen molar-refractivity contribution in [3.8, 4) is 0 Å². The van der Waals surface area contributed by atoms with Crippen molar-refractivity contribution in [1.82, 2.24) is 10.3 Å². The second-order valence-corrected chi connectivity index (χ2v) is 6.17. The Kier molecular flexibility index (Phi) is 5.88. The largest absolute Gasteiger partial charge is 0.382 e. The number of aromatic nitrogens is 2. The fourth-order valence-electron chi connectivity index (χ4n) is 2.37. The zero-order valence-corrected chi connectivity index (χ0v) is 15.0. The lowest BCUT2D eigenvalue weighted by molar-refractivity contribution is -0.116. The van der Waals surface area contributed by atoms with E-state index in [4.69, 9.17) is 25.2 Å². The number of aliphatic imine (C=N–C) groups is 1. The van der Waals surface area contributed by atoms with Crippen molar-refractivity contribution in [3.05, 3.63) is 64.8 Å². The number of aryl methyl sites for hydroxylation is 1. The van der Waals surface area contributed by atoms with Crippen LogP contribution in [-0.2, 0) is 11.2 Å². The van der Waals surface area contributed by atoms with E-state index in [-0.39, 0.29) is 29.7 Å². The highest BCUT2D eigenvalue weighted by atomic mass is 35.5. The first kappa shape index (κ1) is 18.7. The molecule has 0 unspecified atom stereocenters. The fraction of sp³-hybridized carbons (Fsp3) is 0.111. The van der Waals surface area contributed by atoms with E-state index in [1.165, 1.54) is 0 Å². The summed E-state index contributed by atoms with van der Waals surface area (Å²) in [5.74, 6) is -0.105. The molecule has 9 heteroatoms. The van der Waals surface area contributed by atoms with Gasteiger partial charge in [0, 0.05) is 11.4 Å². The number of halogens is 1. The van der Waals surface area contributed by atoms with Gasteiger partial charge in [-0.25, -0.2) is 9.62 Å². The number of carbonyl (C=O) groups is 1. The third-order valence-corrected chi connectivity index (χ3v) is 3.87. The molecule has 3 rings (SSSR count). The van der Waals surface area contributed by atoms with E-state index < -0.39 is 0 Å². The number of amides is 1. The van der Waals surface area contributed by atoms with Gasteiger partial charge in [0.2, 0.25) is 11.7 Å². The molecule has 134 valence electrons. The van der Waals surface area contributed by atoms with Crippen LogP contribution < -0.4 is 16.5 Å². The molecule has 7 nitrogen and oxygen atoms in total. The van der Waals surface area contributed by atoms with Gasteiger partial charge in [0.1, 0.15) is 7.85 Å². The molecule has 0 aliphatic rings. The maximum atomic E-state index is 12.2. The first-order valence-electron chi connectivity index (χ1n) is 8.08. The molecule has 0 saturated carbocycles. The molecule has 1 amide bonds. The van der Waals surface area contributed by atoms with Crippen molar-refractivity contribution in [1.29, 1.82) is 0 Å². The van der Waals surface area contributed by atoms with Crippen LogP contribution in [0.15, 0.2) is 58.2 Å². The molecular weight excluding hydrogens is 364 g/mol. The highest BCUT2D eigenvalue weighted by Crippen LogP contribution is 2.15. The van der Waals surface area contributed by atoms with Crippen LogP contribution in [0.3, 0.4) is 0 Å². The van der Waals surface area contributed by atoms with Crippen LogP contribution in [0.5, 0.6) is 0 Å². The van der Waals surface area contributed by atoms with Crippen molar-refractivity contribution >= 4 is 48.2 Å². The summed E-state index contributed by atoms with van der Waals surface area (Å²) >= 11 is 5.94. The van der Waals surface area contributed by atoms with Crippen LogP contribution in [0.1, 0.15) is 17.7 Å². The minimum Gasteiger partial charge on any atom is -0.382 e. The van der Waals surface area contributed by atoms with E-state index in [1.807, 2.05) is 18.2 Å². The zero-order chi connectivity index (χ0) is 19.2. The van der Waals surface area contributed by atoms with E-state index in [0.29, 0.717) is 22.6 Å². The van der Waals surface area contributed by atoms with E-state index in [0.717, 1.165) is 5.56 Å². The predicted octanol–water partition coefficient (Wildman–Crippen LogP) is 2.13. The molecule has 0 atom stereocenters. The highest BCUT2D eigenvalue weighted by molar-refractivity contribution is 6.32. The van der Waals surface area contributed by atoms with Gasteiger partial charge in [-0.15, -0.1) is 0 Å². The Hall–Kier alpha value is -3.13. The molecule has 27 heavy (non-hydrogen) atoms. The van der Waals surface area contributed by atoms with E-state index in [1.54, 1.807) is 30.3 Å². The molecule has 3 aromatic rings. The van der Waals surface area contributed by atoms with Gasteiger partial charge in [-0.05, 0) is 46.6 Å². The Bertz CT molecular complexity index is 989. The summed E-state index contributed by atoms with van der Waals surface area (Å²) in [5.41, 5.74) is 8.17. The van der Waals surface area contributed by atoms with Gasteiger partial charge in [0.15, 0.2) is 11.5 Å². The Balaban J connectivity index is 1.66. The monoisotopic (exact) mass is 379 g/mol. The molecule has 0 bridgehead atoms. The number of nitrogens with one attached hydrogen (secondary N) is 1. The molecule has 3 N–H and O–H groups in total. The van der Waals surface area contributed by atoms with Gasteiger partial charge in [-0.3, -0.25) is 4.79 Å². The van der Waals surface area contributed by atoms with Crippen LogP contribution in [0.2, 0.25) is 5.02 Å². The molecule has 0 aliphatic carbocycles. The van der Waals surface area contributed by atoms with Gasteiger partial charge in [0.25, 0.3) is 0 Å². The number of hydrogen-bond donors (Lipinski definition) is 2. The summed E-state index contributed by atoms with van der Waals surface area (Å²) < 4.78 is 4.69. The minimum absolute atomic E-state index is 0.0481. The zero-order valence-electron chi connectivity index (χ0n) is 14.2. The fourth-order valence-corrected chi connectivity index (χ4v) is 2.58. The van der Waals surface area contributed by atoms with Gasteiger partial charge in [-0.2, -0.15) is 0 Å². The normalized spacial score (nSPS) is 11.4. The van der Waals surface area contributed by atoms with Crippen LogP contribution in [-0.4, -0.2) is 29.9 Å². The molecule has 1 aromatic heterocycles. The molecule has 0 spiro atoms. The first-order valence-corrected chi connectivity index (χ1v) is 8.46. The molecule has 1 heterocycles. The molecule has 2 radical (unpaired) electrons. The number of anilines is 1. The lowest BCUT2D eigenvalue weighted by Gasteiger charge is -2.04. The maximum absolute atomic E-state index is 12.2. The molecule has 0 saturated heterocycles. The maximum Gasteiger partial charge on any atom is 0.226 e. The summed E-state index contributed by atoms with van der Waals surface area (Å²) in [4.78, 5) is 16.4. The predicted molar refractivity (Wildman–Crippen MR) is 105 cm³/mol. The van der Waals surface area contributed by atoms with E-state index in [2.05, 4.69) is 25.3 Å². The SMILES string of the molecule is [B]c1cccc(N=C(N)c2nonc2NC(=O)CCc2cccc(Cl)c2)c1. The smallest absolute Gasteiger partial charge is 0.226 e. The van der Waals surface area contributed by atoms with Crippen molar-refractivity contribution in [2.75, 3.05) is 5.32 Å². The van der Waals surface area contributed by atoms with Gasteiger partial charge in [-0.1, -0.05) is 41.3 Å². The van der Waals surface area contributed by atoms with Crippen LogP contribution in [0.25, 0.3) is 0 Å². The number of hydrogen-bond acceptors (Lipinski definition) is 5. The lowest BCUT2D eigenvalue weighted by atomic mass is 9.96. The number of amidine groups is 1. The second-order valence-electron chi connectivity index (χ2n) is 5.73. The summed E-state index contributed by atoms with van der Waals surface area (Å²) in [7, 11) is 5.72. The molecule has 0 fully saturated rings. The molecular formula is C18H15BClN5O2. The Morgan fingerprint density at radius 1 is 1.22 bits per heavy atom. The highest BCUT2D eigenvalue weighted by Gasteiger charge is 2.16. The van der Waals surface area contributed by atoms with Gasteiger partial charge >= 0.3 is 0 Å². The molecule has 2 aromatic carbocycles. The topological polar surface area (TPSA) is 106 Å². The van der Waals surface area contributed by atoms with Gasteiger partial charge in [0.05, 0.1) is 5.69 Å². The Morgan fingerprint density at radius 3 is 2.81 bits per heavy atom. The van der Waals surface area contributed by atoms with Gasteiger partial charge < -0.3 is 11.1 Å². The van der Waals surface area contributed by atoms with Crippen molar-refractivity contribution in [3.63, 3.8) is 0 Å². The second kappa shape index (κ2) is 8.50. The van der Waals surface area contributed by atoms with E-state index in [9.17, 15) is 4.79 Å².